The number of imide groups is 1. The number of methoxy groups -OCH3 is 1. The van der Waals surface area contributed by atoms with Gasteiger partial charge in [0.25, 0.3) is 11.8 Å². The number of ether oxygens (including phenoxy) is 1. The van der Waals surface area contributed by atoms with Gasteiger partial charge in [-0.1, -0.05) is 18.2 Å². The van der Waals surface area contributed by atoms with E-state index in [9.17, 15) is 9.59 Å². The topological polar surface area (TPSA) is 59.5 Å². The highest BCUT2D eigenvalue weighted by Gasteiger charge is 2.37. The fraction of sp³-hybridized carbons (Fsp3) is 0.316. The number of fused-ring (bicyclic) bond motifs is 2. The predicted molar refractivity (Wildman–Crippen MR) is 88.3 cm³/mol. The van der Waals surface area contributed by atoms with Gasteiger partial charge < -0.3 is 4.74 Å². The van der Waals surface area contributed by atoms with E-state index in [1.54, 1.807) is 31.4 Å². The third-order valence-electron chi connectivity index (χ3n) is 4.86. The van der Waals surface area contributed by atoms with E-state index in [1.807, 2.05) is 12.1 Å². The lowest BCUT2D eigenvalue weighted by atomic mass is 9.86. The number of aromatic nitrogens is 1. The summed E-state index contributed by atoms with van der Waals surface area (Å²) in [5.41, 5.74) is 3.13. The second kappa shape index (κ2) is 5.74. The van der Waals surface area contributed by atoms with Crippen LogP contribution in [-0.2, 0) is 6.42 Å². The highest BCUT2D eigenvalue weighted by Crippen LogP contribution is 2.34. The van der Waals surface area contributed by atoms with Gasteiger partial charge in [-0.2, -0.15) is 0 Å². The van der Waals surface area contributed by atoms with Crippen LogP contribution in [-0.4, -0.2) is 35.4 Å². The molecule has 0 N–H and O–H groups in total. The number of pyridine rings is 1. The summed E-state index contributed by atoms with van der Waals surface area (Å²) < 4.78 is 5.23. The lowest BCUT2D eigenvalue weighted by molar-refractivity contribution is 0.0640. The predicted octanol–water partition coefficient (Wildman–Crippen LogP) is 2.81. The summed E-state index contributed by atoms with van der Waals surface area (Å²) in [6, 6.07) is 10.9. The zero-order valence-corrected chi connectivity index (χ0v) is 13.5. The molecule has 2 heterocycles. The van der Waals surface area contributed by atoms with Gasteiger partial charge in [-0.05, 0) is 37.0 Å². The highest BCUT2D eigenvalue weighted by molar-refractivity contribution is 6.21. The zero-order valence-electron chi connectivity index (χ0n) is 13.5. The number of carbonyl (C=O) groups excluding carboxylic acids is 2. The molecule has 0 bridgehead atoms. The Kier molecular flexibility index (Phi) is 3.56. The Bertz CT molecular complexity index is 796. The van der Waals surface area contributed by atoms with E-state index in [-0.39, 0.29) is 17.7 Å². The molecule has 1 aliphatic heterocycles. The van der Waals surface area contributed by atoms with Crippen LogP contribution in [0.2, 0.25) is 0 Å². The minimum absolute atomic E-state index is 0.0612. The number of hydrogen-bond acceptors (Lipinski definition) is 4. The average molecular weight is 322 g/mol. The molecule has 2 aliphatic rings. The fourth-order valence-corrected chi connectivity index (χ4v) is 3.64. The third-order valence-corrected chi connectivity index (χ3v) is 4.86. The Balaban J connectivity index is 1.64. The van der Waals surface area contributed by atoms with Crippen molar-refractivity contribution in [2.45, 2.75) is 25.2 Å². The van der Waals surface area contributed by atoms with Crippen LogP contribution in [0.4, 0.5) is 0 Å². The normalized spacial score (nSPS) is 19.2. The van der Waals surface area contributed by atoms with E-state index in [0.29, 0.717) is 23.6 Å². The molecule has 1 atom stereocenters. The molecule has 5 heteroatoms. The van der Waals surface area contributed by atoms with Gasteiger partial charge >= 0.3 is 0 Å². The van der Waals surface area contributed by atoms with Crippen LogP contribution >= 0.6 is 0 Å². The van der Waals surface area contributed by atoms with Crippen LogP contribution in [0.5, 0.6) is 5.88 Å². The first-order valence-electron chi connectivity index (χ1n) is 8.18. The van der Waals surface area contributed by atoms with Crippen LogP contribution in [0, 0.1) is 0 Å². The van der Waals surface area contributed by atoms with Crippen molar-refractivity contribution in [3.8, 4) is 5.88 Å². The Labute approximate surface area is 140 Å². The first kappa shape index (κ1) is 14.9. The van der Waals surface area contributed by atoms with Gasteiger partial charge in [-0.25, -0.2) is 4.98 Å². The van der Waals surface area contributed by atoms with Gasteiger partial charge in [0.15, 0.2) is 0 Å². The highest BCUT2D eigenvalue weighted by atomic mass is 16.5. The zero-order chi connectivity index (χ0) is 16.7. The van der Waals surface area contributed by atoms with E-state index in [0.717, 1.165) is 25.0 Å². The first-order valence-corrected chi connectivity index (χ1v) is 8.18. The molecule has 122 valence electrons. The largest absolute Gasteiger partial charge is 0.481 e. The van der Waals surface area contributed by atoms with Gasteiger partial charge in [0.2, 0.25) is 5.88 Å². The number of nitrogens with zero attached hydrogens (tertiary/aromatic N) is 2. The monoisotopic (exact) mass is 322 g/mol. The van der Waals surface area contributed by atoms with E-state index < -0.39 is 0 Å². The smallest absolute Gasteiger partial charge is 0.261 e. The Morgan fingerprint density at radius 1 is 1.12 bits per heavy atom. The summed E-state index contributed by atoms with van der Waals surface area (Å²) in [4.78, 5) is 31.1. The van der Waals surface area contributed by atoms with Crippen LogP contribution in [0.1, 0.15) is 50.7 Å². The van der Waals surface area contributed by atoms with Crippen molar-refractivity contribution in [1.29, 1.82) is 0 Å². The quantitative estimate of drug-likeness (QED) is 0.815. The summed E-state index contributed by atoms with van der Waals surface area (Å²) in [5.74, 6) is 0.227. The van der Waals surface area contributed by atoms with Crippen molar-refractivity contribution in [3.63, 3.8) is 0 Å². The van der Waals surface area contributed by atoms with Gasteiger partial charge in [0.05, 0.1) is 23.9 Å². The number of carbonyl (C=O) groups is 2. The van der Waals surface area contributed by atoms with E-state index >= 15 is 0 Å². The SMILES string of the molecule is COc1ccc2c(n1)C(CN1C(=O)c3ccccc3C1=O)CCC2. The molecule has 2 aromatic rings. The van der Waals surface area contributed by atoms with Gasteiger partial charge in [-0.15, -0.1) is 0 Å². The number of hydrogen-bond donors (Lipinski definition) is 0. The second-order valence-electron chi connectivity index (χ2n) is 6.25. The molecule has 0 radical (unpaired) electrons. The Morgan fingerprint density at radius 3 is 2.50 bits per heavy atom. The van der Waals surface area contributed by atoms with Gasteiger partial charge in [-0.3, -0.25) is 14.5 Å². The van der Waals surface area contributed by atoms with E-state index in [4.69, 9.17) is 4.74 Å². The fourth-order valence-electron chi connectivity index (χ4n) is 3.64. The summed E-state index contributed by atoms with van der Waals surface area (Å²) in [6.07, 6.45) is 2.93. The molecular formula is C19H18N2O3. The van der Waals surface area contributed by atoms with Crippen LogP contribution in [0.3, 0.4) is 0 Å². The van der Waals surface area contributed by atoms with Crippen molar-refractivity contribution < 1.29 is 14.3 Å². The standard InChI is InChI=1S/C19H18N2O3/c1-24-16-10-9-12-5-4-6-13(17(12)20-16)11-21-18(22)14-7-2-3-8-15(14)19(21)23/h2-3,7-10,13H,4-6,11H2,1H3. The molecule has 0 saturated carbocycles. The molecule has 0 saturated heterocycles. The molecule has 1 aliphatic carbocycles. The van der Waals surface area contributed by atoms with Crippen molar-refractivity contribution >= 4 is 11.8 Å². The van der Waals surface area contributed by atoms with Crippen LogP contribution in [0.15, 0.2) is 36.4 Å². The second-order valence-corrected chi connectivity index (χ2v) is 6.25. The van der Waals surface area contributed by atoms with Crippen molar-refractivity contribution in [3.05, 3.63) is 58.8 Å². The lowest BCUT2D eigenvalue weighted by Gasteiger charge is -2.27. The number of benzene rings is 1. The van der Waals surface area contributed by atoms with Crippen LogP contribution < -0.4 is 4.74 Å². The molecule has 0 spiro atoms. The molecule has 1 unspecified atom stereocenters. The maximum atomic E-state index is 12.6. The first-order chi connectivity index (χ1) is 11.7. The van der Waals surface area contributed by atoms with Crippen molar-refractivity contribution in [2.75, 3.05) is 13.7 Å². The minimum Gasteiger partial charge on any atom is -0.481 e. The molecule has 1 aromatic carbocycles. The van der Waals surface area contributed by atoms with Crippen LogP contribution in [0.25, 0.3) is 0 Å². The average Bonchev–Trinajstić information content (AvgIpc) is 2.87. The minimum atomic E-state index is -0.203. The summed E-state index contributed by atoms with van der Waals surface area (Å²) in [5, 5.41) is 0. The molecule has 24 heavy (non-hydrogen) atoms. The third kappa shape index (κ3) is 2.28. The number of amides is 2. The Morgan fingerprint density at radius 2 is 1.83 bits per heavy atom. The maximum absolute atomic E-state index is 12.6. The molecule has 0 fully saturated rings. The van der Waals surface area contributed by atoms with E-state index in [2.05, 4.69) is 4.98 Å². The van der Waals surface area contributed by atoms with Crippen molar-refractivity contribution in [2.24, 2.45) is 0 Å². The lowest BCUT2D eigenvalue weighted by Crippen LogP contribution is -2.35. The maximum Gasteiger partial charge on any atom is 0.261 e. The number of rotatable bonds is 3. The summed E-state index contributed by atoms with van der Waals surface area (Å²) in [7, 11) is 1.59. The molecule has 4 rings (SSSR count). The molecule has 1 aromatic heterocycles. The van der Waals surface area contributed by atoms with E-state index in [1.165, 1.54) is 10.5 Å². The van der Waals surface area contributed by atoms with Gasteiger partial charge in [0, 0.05) is 18.5 Å². The summed E-state index contributed by atoms with van der Waals surface area (Å²) >= 11 is 0. The molecule has 5 nitrogen and oxygen atoms in total. The molecule has 2 amide bonds. The summed E-state index contributed by atoms with van der Waals surface area (Å²) in [6.45, 7) is 0.375. The van der Waals surface area contributed by atoms with Crippen molar-refractivity contribution in [1.82, 2.24) is 9.88 Å². The van der Waals surface area contributed by atoms with Gasteiger partial charge in [0.1, 0.15) is 0 Å². The Hall–Kier alpha value is -2.69. The number of aryl methyl sites for hydroxylation is 1. The molecular weight excluding hydrogens is 304 g/mol.